The normalized spacial score (nSPS) is 12.2. The van der Waals surface area contributed by atoms with Gasteiger partial charge in [0.2, 0.25) is 0 Å². The number of nitrogens with two attached hydrogens (primary N) is 1. The summed E-state index contributed by atoms with van der Waals surface area (Å²) >= 11 is 5.87. The molecule has 20 heavy (non-hydrogen) atoms. The molecule has 0 spiro atoms. The van der Waals surface area contributed by atoms with E-state index >= 15 is 0 Å². The van der Waals surface area contributed by atoms with Gasteiger partial charge in [-0.25, -0.2) is 4.39 Å². The molecule has 0 fully saturated rings. The van der Waals surface area contributed by atoms with Crippen LogP contribution in [0, 0.1) is 5.82 Å². The van der Waals surface area contributed by atoms with E-state index in [1.165, 1.54) is 6.07 Å². The summed E-state index contributed by atoms with van der Waals surface area (Å²) in [4.78, 5) is 1.99. The van der Waals surface area contributed by atoms with Gasteiger partial charge in [-0.2, -0.15) is 0 Å². The first-order valence-electron chi connectivity index (χ1n) is 6.48. The molecule has 2 rings (SSSR count). The first-order chi connectivity index (χ1) is 9.49. The summed E-state index contributed by atoms with van der Waals surface area (Å²) in [5.74, 6) is -0.263. The van der Waals surface area contributed by atoms with Crippen LogP contribution in [0.2, 0.25) is 5.02 Å². The van der Waals surface area contributed by atoms with E-state index in [1.54, 1.807) is 13.0 Å². The molecule has 106 valence electrons. The smallest absolute Gasteiger partial charge is 0.130 e. The lowest BCUT2D eigenvalue weighted by Gasteiger charge is -2.24. The molecule has 2 N–H and O–H groups in total. The lowest BCUT2D eigenvalue weighted by atomic mass is 10.0. The van der Waals surface area contributed by atoms with E-state index in [-0.39, 0.29) is 11.9 Å². The van der Waals surface area contributed by atoms with E-state index in [0.717, 1.165) is 11.3 Å². The van der Waals surface area contributed by atoms with Crippen molar-refractivity contribution in [1.29, 1.82) is 0 Å². The van der Waals surface area contributed by atoms with Crippen molar-refractivity contribution < 1.29 is 4.39 Å². The zero-order valence-corrected chi connectivity index (χ0v) is 12.4. The molecule has 1 atom stereocenters. The largest absolute Gasteiger partial charge is 0.370 e. The summed E-state index contributed by atoms with van der Waals surface area (Å²) in [6.07, 6.45) is 0. The summed E-state index contributed by atoms with van der Waals surface area (Å²) in [5, 5.41) is 0.707. The first kappa shape index (κ1) is 14.8. The number of benzene rings is 2. The van der Waals surface area contributed by atoms with Crippen LogP contribution in [0.4, 0.5) is 10.1 Å². The van der Waals surface area contributed by atoms with E-state index in [1.807, 2.05) is 42.3 Å². The van der Waals surface area contributed by atoms with Crippen LogP contribution < -0.4 is 10.6 Å². The van der Waals surface area contributed by atoms with E-state index in [4.69, 9.17) is 17.3 Å². The van der Waals surface area contributed by atoms with E-state index in [9.17, 15) is 4.39 Å². The van der Waals surface area contributed by atoms with Crippen molar-refractivity contribution in [2.75, 3.05) is 11.9 Å². The predicted octanol–water partition coefficient (Wildman–Crippen LogP) is 4.14. The molecular weight excluding hydrogens is 275 g/mol. The van der Waals surface area contributed by atoms with Crippen LogP contribution in [0.3, 0.4) is 0 Å². The average Bonchev–Trinajstić information content (AvgIpc) is 2.40. The van der Waals surface area contributed by atoms with Crippen molar-refractivity contribution >= 4 is 17.3 Å². The van der Waals surface area contributed by atoms with Crippen LogP contribution >= 0.6 is 11.6 Å². The number of hydrogen-bond donors (Lipinski definition) is 1. The Balaban J connectivity index is 2.27. The van der Waals surface area contributed by atoms with Crippen molar-refractivity contribution in [2.45, 2.75) is 19.5 Å². The molecule has 0 heterocycles. The van der Waals surface area contributed by atoms with Gasteiger partial charge in [-0.15, -0.1) is 0 Å². The van der Waals surface area contributed by atoms with Crippen molar-refractivity contribution in [2.24, 2.45) is 5.73 Å². The fourth-order valence-electron chi connectivity index (χ4n) is 2.26. The van der Waals surface area contributed by atoms with Gasteiger partial charge in [-0.1, -0.05) is 29.8 Å². The topological polar surface area (TPSA) is 29.3 Å². The first-order valence-corrected chi connectivity index (χ1v) is 6.86. The highest BCUT2D eigenvalue weighted by Gasteiger charge is 2.15. The summed E-state index contributed by atoms with van der Waals surface area (Å²) in [5.41, 5.74) is 8.35. The van der Waals surface area contributed by atoms with Crippen molar-refractivity contribution in [3.05, 3.63) is 64.4 Å². The third kappa shape index (κ3) is 3.30. The Bertz CT molecular complexity index is 582. The van der Waals surface area contributed by atoms with E-state index in [0.29, 0.717) is 17.1 Å². The van der Waals surface area contributed by atoms with Crippen molar-refractivity contribution in [3.8, 4) is 0 Å². The number of anilines is 1. The molecule has 0 amide bonds. The number of nitrogens with zero attached hydrogens (tertiary/aromatic N) is 1. The van der Waals surface area contributed by atoms with Crippen LogP contribution in [0.5, 0.6) is 0 Å². The summed E-state index contributed by atoms with van der Waals surface area (Å²) < 4.78 is 13.9. The van der Waals surface area contributed by atoms with Crippen LogP contribution in [0.25, 0.3) is 0 Å². The highest BCUT2D eigenvalue weighted by molar-refractivity contribution is 6.30. The lowest BCUT2D eigenvalue weighted by Crippen LogP contribution is -2.21. The Morgan fingerprint density at radius 1 is 1.20 bits per heavy atom. The fraction of sp³-hybridized carbons (Fsp3) is 0.250. The van der Waals surface area contributed by atoms with Crippen molar-refractivity contribution in [3.63, 3.8) is 0 Å². The van der Waals surface area contributed by atoms with Crippen LogP contribution in [0.1, 0.15) is 24.1 Å². The van der Waals surface area contributed by atoms with Crippen LogP contribution in [-0.4, -0.2) is 7.05 Å². The summed E-state index contributed by atoms with van der Waals surface area (Å²) in [7, 11) is 1.93. The third-order valence-electron chi connectivity index (χ3n) is 3.23. The van der Waals surface area contributed by atoms with Crippen molar-refractivity contribution in [1.82, 2.24) is 0 Å². The second-order valence-electron chi connectivity index (χ2n) is 4.94. The summed E-state index contributed by atoms with van der Waals surface area (Å²) in [6, 6.07) is 12.3. The van der Waals surface area contributed by atoms with E-state index < -0.39 is 0 Å². The Labute approximate surface area is 124 Å². The third-order valence-corrected chi connectivity index (χ3v) is 3.48. The quantitative estimate of drug-likeness (QED) is 0.918. The molecule has 0 aromatic heterocycles. The molecule has 0 saturated heterocycles. The highest BCUT2D eigenvalue weighted by Crippen LogP contribution is 2.28. The molecule has 0 bridgehead atoms. The molecule has 4 heteroatoms. The van der Waals surface area contributed by atoms with Crippen LogP contribution in [-0.2, 0) is 6.54 Å². The second kappa shape index (κ2) is 6.25. The van der Waals surface area contributed by atoms with E-state index in [2.05, 4.69) is 0 Å². The standard InChI is InChI=1S/C16H18ClFN2/c1-11(19)16-14(18)4-3-5-15(16)20(2)10-12-6-8-13(17)9-7-12/h3-9,11H,10,19H2,1-2H3/t11-/m0/s1. The Morgan fingerprint density at radius 2 is 1.85 bits per heavy atom. The SMILES string of the molecule is C[C@H](N)c1c(F)cccc1N(C)Cc1ccc(Cl)cc1. The molecule has 2 nitrogen and oxygen atoms in total. The molecule has 2 aromatic carbocycles. The van der Waals surface area contributed by atoms with Gasteiger partial charge in [0, 0.05) is 35.9 Å². The maximum atomic E-state index is 13.9. The van der Waals surface area contributed by atoms with Gasteiger partial charge in [-0.05, 0) is 36.8 Å². The van der Waals surface area contributed by atoms with Crippen LogP contribution in [0.15, 0.2) is 42.5 Å². The number of halogens is 2. The average molecular weight is 293 g/mol. The van der Waals surface area contributed by atoms with Gasteiger partial charge in [0.25, 0.3) is 0 Å². The maximum Gasteiger partial charge on any atom is 0.130 e. The molecule has 0 aliphatic heterocycles. The van der Waals surface area contributed by atoms with Gasteiger partial charge in [0.1, 0.15) is 5.82 Å². The Morgan fingerprint density at radius 3 is 2.45 bits per heavy atom. The van der Waals surface area contributed by atoms with Gasteiger partial charge in [0.15, 0.2) is 0 Å². The second-order valence-corrected chi connectivity index (χ2v) is 5.38. The van der Waals surface area contributed by atoms with Gasteiger partial charge in [0.05, 0.1) is 0 Å². The maximum absolute atomic E-state index is 13.9. The zero-order valence-electron chi connectivity index (χ0n) is 11.6. The zero-order chi connectivity index (χ0) is 14.7. The summed E-state index contributed by atoms with van der Waals surface area (Å²) in [6.45, 7) is 2.46. The minimum absolute atomic E-state index is 0.263. The Kier molecular flexibility index (Phi) is 4.63. The monoisotopic (exact) mass is 292 g/mol. The molecule has 0 radical (unpaired) electrons. The minimum atomic E-state index is -0.348. The molecule has 0 unspecified atom stereocenters. The minimum Gasteiger partial charge on any atom is -0.370 e. The highest BCUT2D eigenvalue weighted by atomic mass is 35.5. The molecule has 2 aromatic rings. The van der Waals surface area contributed by atoms with Gasteiger partial charge < -0.3 is 10.6 Å². The molecular formula is C16H18ClFN2. The molecule has 0 saturated carbocycles. The molecule has 0 aliphatic rings. The fourth-order valence-corrected chi connectivity index (χ4v) is 2.38. The number of rotatable bonds is 4. The number of hydrogen-bond acceptors (Lipinski definition) is 2. The lowest BCUT2D eigenvalue weighted by molar-refractivity contribution is 0.592. The molecule has 0 aliphatic carbocycles. The predicted molar refractivity (Wildman–Crippen MR) is 82.6 cm³/mol. The van der Waals surface area contributed by atoms with Gasteiger partial charge in [-0.3, -0.25) is 0 Å². The Hall–Kier alpha value is -1.58. The van der Waals surface area contributed by atoms with Gasteiger partial charge >= 0.3 is 0 Å².